The van der Waals surface area contributed by atoms with Crippen molar-refractivity contribution < 1.29 is 0 Å². The highest BCUT2D eigenvalue weighted by Gasteiger charge is 2.40. The Hall–Kier alpha value is -0.0800. The molecule has 2 nitrogen and oxygen atoms in total. The molecule has 2 fully saturated rings. The first kappa shape index (κ1) is 7.56. The predicted molar refractivity (Wildman–Crippen MR) is 46.3 cm³/mol. The highest BCUT2D eigenvalue weighted by atomic mass is 15.1. The van der Waals surface area contributed by atoms with Crippen LogP contribution in [0.3, 0.4) is 0 Å². The predicted octanol–water partition coefficient (Wildman–Crippen LogP) is 0.533. The fourth-order valence-corrected chi connectivity index (χ4v) is 2.43. The Morgan fingerprint density at radius 3 is 2.64 bits per heavy atom. The molecule has 1 aliphatic carbocycles. The molecule has 2 unspecified atom stereocenters. The Balaban J connectivity index is 1.95. The van der Waals surface area contributed by atoms with Crippen LogP contribution in [0, 0.1) is 17.8 Å². The summed E-state index contributed by atoms with van der Waals surface area (Å²) in [5.41, 5.74) is 5.73. The Morgan fingerprint density at radius 1 is 1.36 bits per heavy atom. The van der Waals surface area contributed by atoms with Gasteiger partial charge >= 0.3 is 0 Å². The third-order valence-electron chi connectivity index (χ3n) is 3.20. The van der Waals surface area contributed by atoms with Crippen molar-refractivity contribution in [2.75, 3.05) is 26.7 Å². The average Bonchev–Trinajstić information content (AvgIpc) is 2.75. The van der Waals surface area contributed by atoms with E-state index < -0.39 is 0 Å². The van der Waals surface area contributed by atoms with Gasteiger partial charge in [-0.1, -0.05) is 0 Å². The molecule has 2 rings (SSSR count). The van der Waals surface area contributed by atoms with Gasteiger partial charge in [0.15, 0.2) is 0 Å². The Morgan fingerprint density at radius 2 is 2.09 bits per heavy atom. The molecule has 1 aliphatic heterocycles. The topological polar surface area (TPSA) is 29.3 Å². The molecule has 2 N–H and O–H groups in total. The van der Waals surface area contributed by atoms with Crippen LogP contribution in [0.4, 0.5) is 0 Å². The summed E-state index contributed by atoms with van der Waals surface area (Å²) in [6, 6.07) is 0. The molecule has 0 bridgehead atoms. The van der Waals surface area contributed by atoms with Crippen molar-refractivity contribution in [3.05, 3.63) is 0 Å². The number of hydrogen-bond donors (Lipinski definition) is 1. The number of rotatable bonds is 2. The molecule has 0 spiro atoms. The summed E-state index contributed by atoms with van der Waals surface area (Å²) in [6.07, 6.45) is 2.93. The zero-order valence-electron chi connectivity index (χ0n) is 7.29. The van der Waals surface area contributed by atoms with Gasteiger partial charge in [0.1, 0.15) is 0 Å². The minimum absolute atomic E-state index is 0.799. The molecular weight excluding hydrogens is 136 g/mol. The van der Waals surface area contributed by atoms with E-state index in [1.807, 2.05) is 0 Å². The van der Waals surface area contributed by atoms with Crippen molar-refractivity contribution in [3.63, 3.8) is 0 Å². The molecule has 1 saturated carbocycles. The van der Waals surface area contributed by atoms with Crippen molar-refractivity contribution in [1.29, 1.82) is 0 Å². The molecule has 2 heteroatoms. The lowest BCUT2D eigenvalue weighted by atomic mass is 9.92. The minimum atomic E-state index is 0.799. The zero-order valence-corrected chi connectivity index (χ0v) is 7.29. The number of likely N-dealkylation sites (tertiary alicyclic amines) is 1. The Kier molecular flexibility index (Phi) is 1.90. The van der Waals surface area contributed by atoms with Gasteiger partial charge in [-0.05, 0) is 44.2 Å². The summed E-state index contributed by atoms with van der Waals surface area (Å²) in [5.74, 6) is 2.77. The highest BCUT2D eigenvalue weighted by molar-refractivity contribution is 4.92. The van der Waals surface area contributed by atoms with E-state index in [4.69, 9.17) is 5.73 Å². The summed E-state index contributed by atoms with van der Waals surface area (Å²) < 4.78 is 0. The Labute approximate surface area is 68.7 Å². The van der Waals surface area contributed by atoms with Crippen molar-refractivity contribution >= 4 is 0 Å². The van der Waals surface area contributed by atoms with Crippen LogP contribution >= 0.6 is 0 Å². The lowest BCUT2D eigenvalue weighted by Crippen LogP contribution is -2.23. The normalized spacial score (nSPS) is 39.8. The summed E-state index contributed by atoms with van der Waals surface area (Å²) in [6.45, 7) is 3.43. The second-order valence-electron chi connectivity index (χ2n) is 4.22. The SMILES string of the molecule is CN1CC(CN)C(C2CC2)C1. The number of hydrogen-bond acceptors (Lipinski definition) is 2. The molecule has 64 valence electrons. The van der Waals surface area contributed by atoms with E-state index in [1.54, 1.807) is 0 Å². The maximum Gasteiger partial charge on any atom is 0.00220 e. The quantitative estimate of drug-likeness (QED) is 0.629. The average molecular weight is 154 g/mol. The van der Waals surface area contributed by atoms with Crippen LogP contribution in [-0.2, 0) is 0 Å². The monoisotopic (exact) mass is 154 g/mol. The smallest absolute Gasteiger partial charge is 0.00220 e. The van der Waals surface area contributed by atoms with E-state index in [9.17, 15) is 0 Å². The van der Waals surface area contributed by atoms with E-state index in [0.717, 1.165) is 24.3 Å². The molecule has 0 aromatic rings. The lowest BCUT2D eigenvalue weighted by Gasteiger charge is -2.14. The molecule has 1 saturated heterocycles. The van der Waals surface area contributed by atoms with Crippen LogP contribution in [0.1, 0.15) is 12.8 Å². The van der Waals surface area contributed by atoms with Crippen LogP contribution in [0.5, 0.6) is 0 Å². The van der Waals surface area contributed by atoms with Crippen molar-refractivity contribution in [3.8, 4) is 0 Å². The molecule has 0 aromatic heterocycles. The summed E-state index contributed by atoms with van der Waals surface area (Å²) in [7, 11) is 2.21. The Bertz CT molecular complexity index is 142. The van der Waals surface area contributed by atoms with Crippen LogP contribution < -0.4 is 5.73 Å². The van der Waals surface area contributed by atoms with Gasteiger partial charge in [-0.25, -0.2) is 0 Å². The summed E-state index contributed by atoms with van der Waals surface area (Å²) in [4.78, 5) is 2.43. The molecule has 2 atom stereocenters. The van der Waals surface area contributed by atoms with E-state index in [2.05, 4.69) is 11.9 Å². The van der Waals surface area contributed by atoms with E-state index in [-0.39, 0.29) is 0 Å². The van der Waals surface area contributed by atoms with Crippen molar-refractivity contribution in [2.24, 2.45) is 23.5 Å². The van der Waals surface area contributed by atoms with Gasteiger partial charge in [-0.2, -0.15) is 0 Å². The van der Waals surface area contributed by atoms with Crippen LogP contribution in [0.15, 0.2) is 0 Å². The fourth-order valence-electron chi connectivity index (χ4n) is 2.43. The number of nitrogens with zero attached hydrogens (tertiary/aromatic N) is 1. The summed E-state index contributed by atoms with van der Waals surface area (Å²) in [5, 5.41) is 0. The maximum absolute atomic E-state index is 5.73. The zero-order chi connectivity index (χ0) is 7.84. The minimum Gasteiger partial charge on any atom is -0.330 e. The molecule has 0 radical (unpaired) electrons. The van der Waals surface area contributed by atoms with Gasteiger partial charge in [0.05, 0.1) is 0 Å². The third kappa shape index (κ3) is 1.42. The van der Waals surface area contributed by atoms with Crippen molar-refractivity contribution in [1.82, 2.24) is 4.90 Å². The van der Waals surface area contributed by atoms with Crippen LogP contribution in [0.25, 0.3) is 0 Å². The van der Waals surface area contributed by atoms with Crippen LogP contribution in [-0.4, -0.2) is 31.6 Å². The second-order valence-corrected chi connectivity index (χ2v) is 4.22. The largest absolute Gasteiger partial charge is 0.330 e. The highest BCUT2D eigenvalue weighted by Crippen LogP contribution is 2.43. The van der Waals surface area contributed by atoms with Gasteiger partial charge in [-0.15, -0.1) is 0 Å². The molecule has 1 heterocycles. The standard InChI is InChI=1S/C9H18N2/c1-11-5-8(4-10)9(6-11)7-2-3-7/h7-9H,2-6,10H2,1H3. The maximum atomic E-state index is 5.73. The van der Waals surface area contributed by atoms with Gasteiger partial charge in [-0.3, -0.25) is 0 Å². The number of nitrogens with two attached hydrogens (primary N) is 1. The molecule has 11 heavy (non-hydrogen) atoms. The first-order chi connectivity index (χ1) is 5.31. The molecular formula is C9H18N2. The van der Waals surface area contributed by atoms with Gasteiger partial charge in [0, 0.05) is 13.1 Å². The van der Waals surface area contributed by atoms with E-state index in [0.29, 0.717) is 0 Å². The van der Waals surface area contributed by atoms with Gasteiger partial charge < -0.3 is 10.6 Å². The third-order valence-corrected chi connectivity index (χ3v) is 3.20. The van der Waals surface area contributed by atoms with Gasteiger partial charge in [0.25, 0.3) is 0 Å². The fraction of sp³-hybridized carbons (Fsp3) is 1.00. The van der Waals surface area contributed by atoms with E-state index in [1.165, 1.54) is 25.9 Å². The lowest BCUT2D eigenvalue weighted by molar-refractivity contribution is 0.372. The van der Waals surface area contributed by atoms with E-state index >= 15 is 0 Å². The van der Waals surface area contributed by atoms with Crippen LogP contribution in [0.2, 0.25) is 0 Å². The van der Waals surface area contributed by atoms with Crippen molar-refractivity contribution in [2.45, 2.75) is 12.8 Å². The first-order valence-corrected chi connectivity index (χ1v) is 4.70. The van der Waals surface area contributed by atoms with Gasteiger partial charge in [0.2, 0.25) is 0 Å². The molecule has 2 aliphatic rings. The first-order valence-electron chi connectivity index (χ1n) is 4.70. The summed E-state index contributed by atoms with van der Waals surface area (Å²) >= 11 is 0. The second kappa shape index (κ2) is 2.76. The molecule has 0 amide bonds. The molecule has 0 aromatic carbocycles.